The molecule has 0 bridgehead atoms. The summed E-state index contributed by atoms with van der Waals surface area (Å²) >= 11 is 0. The van der Waals surface area contributed by atoms with E-state index >= 15 is 0 Å². The summed E-state index contributed by atoms with van der Waals surface area (Å²) in [7, 11) is 0. The van der Waals surface area contributed by atoms with Gasteiger partial charge in [-0.1, -0.05) is 0 Å². The Bertz CT molecular complexity index is 130. The molecule has 1 N–H and O–H groups in total. The fourth-order valence-electron chi connectivity index (χ4n) is 1.21. The second kappa shape index (κ2) is 5.19. The second-order valence-electron chi connectivity index (χ2n) is 2.84. The smallest absolute Gasteiger partial charge is 0.0919 e. The maximum absolute atomic E-state index is 8.50. The lowest BCUT2D eigenvalue weighted by Crippen LogP contribution is -2.00. The number of allylic oxidation sites excluding steroid dienone is 2. The van der Waals surface area contributed by atoms with Crippen LogP contribution >= 0.6 is 0 Å². The SMILES string of the molecule is OCCCOC1=CCCCC1. The zero-order valence-electron chi connectivity index (χ0n) is 6.88. The molecule has 0 spiro atoms. The minimum atomic E-state index is 0.229. The molecular formula is C9H16O2. The first-order valence-electron chi connectivity index (χ1n) is 4.36. The fourth-order valence-corrected chi connectivity index (χ4v) is 1.21. The molecule has 2 nitrogen and oxygen atoms in total. The lowest BCUT2D eigenvalue weighted by molar-refractivity contribution is 0.165. The predicted octanol–water partition coefficient (Wildman–Crippen LogP) is 1.84. The Morgan fingerprint density at radius 3 is 3.00 bits per heavy atom. The minimum absolute atomic E-state index is 0.229. The van der Waals surface area contributed by atoms with Crippen molar-refractivity contribution >= 4 is 0 Å². The predicted molar refractivity (Wildman–Crippen MR) is 44.2 cm³/mol. The Labute approximate surface area is 67.9 Å². The van der Waals surface area contributed by atoms with E-state index in [2.05, 4.69) is 6.08 Å². The molecule has 0 aromatic carbocycles. The van der Waals surface area contributed by atoms with Crippen LogP contribution in [-0.2, 0) is 4.74 Å². The summed E-state index contributed by atoms with van der Waals surface area (Å²) in [6.07, 6.45) is 7.72. The van der Waals surface area contributed by atoms with Gasteiger partial charge >= 0.3 is 0 Å². The van der Waals surface area contributed by atoms with Gasteiger partial charge in [-0.05, 0) is 25.3 Å². The van der Waals surface area contributed by atoms with Gasteiger partial charge in [0, 0.05) is 19.4 Å². The number of ether oxygens (including phenoxy) is 1. The topological polar surface area (TPSA) is 29.5 Å². The van der Waals surface area contributed by atoms with E-state index < -0.39 is 0 Å². The van der Waals surface area contributed by atoms with Gasteiger partial charge in [0.05, 0.1) is 12.4 Å². The Balaban J connectivity index is 2.09. The lowest BCUT2D eigenvalue weighted by Gasteiger charge is -2.13. The van der Waals surface area contributed by atoms with Gasteiger partial charge in [-0.25, -0.2) is 0 Å². The first kappa shape index (κ1) is 8.60. The summed E-state index contributed by atoms with van der Waals surface area (Å²) in [6.45, 7) is 0.898. The van der Waals surface area contributed by atoms with Crippen LogP contribution in [0.15, 0.2) is 11.8 Å². The zero-order chi connectivity index (χ0) is 7.94. The molecule has 1 aliphatic rings. The molecule has 0 heterocycles. The molecule has 1 aliphatic carbocycles. The largest absolute Gasteiger partial charge is 0.498 e. The van der Waals surface area contributed by atoms with E-state index in [9.17, 15) is 0 Å². The lowest BCUT2D eigenvalue weighted by atomic mass is 10.1. The van der Waals surface area contributed by atoms with Gasteiger partial charge in [-0.15, -0.1) is 0 Å². The standard InChI is InChI=1S/C9H16O2/c10-7-4-8-11-9-5-2-1-3-6-9/h5,10H,1-4,6-8H2. The summed E-state index contributed by atoms with van der Waals surface area (Å²) in [4.78, 5) is 0. The summed E-state index contributed by atoms with van der Waals surface area (Å²) in [6, 6.07) is 0. The van der Waals surface area contributed by atoms with Crippen LogP contribution in [0, 0.1) is 0 Å². The van der Waals surface area contributed by atoms with Gasteiger partial charge in [-0.3, -0.25) is 0 Å². The van der Waals surface area contributed by atoms with Crippen LogP contribution < -0.4 is 0 Å². The molecule has 1 rings (SSSR count). The fraction of sp³-hybridized carbons (Fsp3) is 0.778. The molecule has 0 radical (unpaired) electrons. The Hall–Kier alpha value is -0.500. The van der Waals surface area contributed by atoms with Crippen LogP contribution in [0.5, 0.6) is 0 Å². The number of aliphatic hydroxyl groups excluding tert-OH is 1. The monoisotopic (exact) mass is 156 g/mol. The zero-order valence-corrected chi connectivity index (χ0v) is 6.88. The molecule has 0 unspecified atom stereocenters. The normalized spacial score (nSPS) is 17.7. The molecule has 0 saturated heterocycles. The first-order valence-corrected chi connectivity index (χ1v) is 4.36. The highest BCUT2D eigenvalue weighted by atomic mass is 16.5. The number of aliphatic hydroxyl groups is 1. The highest BCUT2D eigenvalue weighted by molar-refractivity contribution is 4.96. The maximum atomic E-state index is 8.50. The third kappa shape index (κ3) is 3.42. The van der Waals surface area contributed by atoms with E-state index in [4.69, 9.17) is 9.84 Å². The molecule has 0 fully saturated rings. The van der Waals surface area contributed by atoms with Gasteiger partial charge in [0.2, 0.25) is 0 Å². The molecule has 0 atom stereocenters. The molecule has 64 valence electrons. The Morgan fingerprint density at radius 1 is 1.45 bits per heavy atom. The van der Waals surface area contributed by atoms with Crippen molar-refractivity contribution in [1.82, 2.24) is 0 Å². The van der Waals surface area contributed by atoms with Gasteiger partial charge in [0.1, 0.15) is 0 Å². The van der Waals surface area contributed by atoms with Gasteiger partial charge in [0.25, 0.3) is 0 Å². The van der Waals surface area contributed by atoms with Crippen LogP contribution in [0.1, 0.15) is 32.1 Å². The average molecular weight is 156 g/mol. The summed E-state index contributed by atoms with van der Waals surface area (Å²) < 4.78 is 5.42. The summed E-state index contributed by atoms with van der Waals surface area (Å²) in [5.41, 5.74) is 0. The van der Waals surface area contributed by atoms with Crippen molar-refractivity contribution in [3.8, 4) is 0 Å². The summed E-state index contributed by atoms with van der Waals surface area (Å²) in [5, 5.41) is 8.50. The average Bonchev–Trinajstić information content (AvgIpc) is 2.07. The molecule has 0 amide bonds. The van der Waals surface area contributed by atoms with E-state index in [-0.39, 0.29) is 6.61 Å². The highest BCUT2D eigenvalue weighted by Crippen LogP contribution is 2.17. The van der Waals surface area contributed by atoms with Crippen LogP contribution in [0.25, 0.3) is 0 Å². The molecule has 11 heavy (non-hydrogen) atoms. The van der Waals surface area contributed by atoms with Crippen molar-refractivity contribution in [2.45, 2.75) is 32.1 Å². The first-order chi connectivity index (χ1) is 5.43. The van der Waals surface area contributed by atoms with E-state index in [0.717, 1.165) is 25.0 Å². The minimum Gasteiger partial charge on any atom is -0.498 e. The number of rotatable bonds is 4. The van der Waals surface area contributed by atoms with Gasteiger partial charge in [0.15, 0.2) is 0 Å². The molecule has 0 aromatic rings. The van der Waals surface area contributed by atoms with Crippen LogP contribution in [0.3, 0.4) is 0 Å². The Morgan fingerprint density at radius 2 is 2.36 bits per heavy atom. The van der Waals surface area contributed by atoms with Crippen LogP contribution in [0.2, 0.25) is 0 Å². The summed E-state index contributed by atoms with van der Waals surface area (Å²) in [5.74, 6) is 1.13. The van der Waals surface area contributed by atoms with E-state index in [1.54, 1.807) is 0 Å². The van der Waals surface area contributed by atoms with Gasteiger partial charge < -0.3 is 9.84 Å². The number of hydrogen-bond acceptors (Lipinski definition) is 2. The third-order valence-electron chi connectivity index (χ3n) is 1.84. The van der Waals surface area contributed by atoms with Crippen LogP contribution in [0.4, 0.5) is 0 Å². The molecular weight excluding hydrogens is 140 g/mol. The van der Waals surface area contributed by atoms with Gasteiger partial charge in [-0.2, -0.15) is 0 Å². The second-order valence-corrected chi connectivity index (χ2v) is 2.84. The van der Waals surface area contributed by atoms with Crippen molar-refractivity contribution in [3.05, 3.63) is 11.8 Å². The van der Waals surface area contributed by atoms with Crippen molar-refractivity contribution in [2.75, 3.05) is 13.2 Å². The molecule has 2 heteroatoms. The number of hydrogen-bond donors (Lipinski definition) is 1. The molecule has 0 aromatic heterocycles. The van der Waals surface area contributed by atoms with E-state index in [1.807, 2.05) is 0 Å². The molecule has 0 aliphatic heterocycles. The van der Waals surface area contributed by atoms with Crippen LogP contribution in [-0.4, -0.2) is 18.3 Å². The molecule has 0 saturated carbocycles. The van der Waals surface area contributed by atoms with E-state index in [1.165, 1.54) is 12.8 Å². The Kier molecular flexibility index (Phi) is 4.06. The van der Waals surface area contributed by atoms with Crippen molar-refractivity contribution in [1.29, 1.82) is 0 Å². The highest BCUT2D eigenvalue weighted by Gasteiger charge is 2.02. The maximum Gasteiger partial charge on any atom is 0.0919 e. The van der Waals surface area contributed by atoms with Crippen molar-refractivity contribution in [2.24, 2.45) is 0 Å². The quantitative estimate of drug-likeness (QED) is 0.629. The third-order valence-corrected chi connectivity index (χ3v) is 1.84. The van der Waals surface area contributed by atoms with Crippen molar-refractivity contribution < 1.29 is 9.84 Å². The van der Waals surface area contributed by atoms with E-state index in [0.29, 0.717) is 6.61 Å². The van der Waals surface area contributed by atoms with Crippen molar-refractivity contribution in [3.63, 3.8) is 0 Å².